The Morgan fingerprint density at radius 2 is 1.95 bits per heavy atom. The molecule has 0 aliphatic carbocycles. The molecule has 2 rings (SSSR count). The Balaban J connectivity index is 2.34. The van der Waals surface area contributed by atoms with E-state index in [4.69, 9.17) is 17.3 Å². The van der Waals surface area contributed by atoms with Crippen molar-refractivity contribution in [2.24, 2.45) is 0 Å². The molecule has 3 N–H and O–H groups in total. The maximum atomic E-state index is 12.3. The molecule has 0 fully saturated rings. The average molecular weight is 275 g/mol. The van der Waals surface area contributed by atoms with Gasteiger partial charge in [0.15, 0.2) is 0 Å². The summed E-state index contributed by atoms with van der Waals surface area (Å²) in [6.45, 7) is 3.84. The standard InChI is InChI=1S/C15H15ClN2O/c1-9-6-7-10(2)11(8-9)15(19)18-14-12(16)4-3-5-13(14)17/h3-8H,17H2,1-2H3,(H,18,19). The molecule has 2 aromatic carbocycles. The molecule has 3 nitrogen and oxygen atoms in total. The number of para-hydroxylation sites is 1. The zero-order chi connectivity index (χ0) is 14.0. The highest BCUT2D eigenvalue weighted by molar-refractivity contribution is 6.34. The molecule has 1 amide bonds. The van der Waals surface area contributed by atoms with Crippen molar-refractivity contribution in [2.45, 2.75) is 13.8 Å². The fourth-order valence-electron chi connectivity index (χ4n) is 1.83. The first kappa shape index (κ1) is 13.4. The van der Waals surface area contributed by atoms with Crippen LogP contribution in [0.25, 0.3) is 0 Å². The predicted octanol–water partition coefficient (Wildman–Crippen LogP) is 3.79. The largest absolute Gasteiger partial charge is 0.397 e. The van der Waals surface area contributed by atoms with Crippen molar-refractivity contribution in [3.63, 3.8) is 0 Å². The Kier molecular flexibility index (Phi) is 3.76. The smallest absolute Gasteiger partial charge is 0.256 e. The van der Waals surface area contributed by atoms with E-state index in [1.807, 2.05) is 32.0 Å². The number of rotatable bonds is 2. The number of hydrogen-bond donors (Lipinski definition) is 2. The van der Waals surface area contributed by atoms with Crippen LogP contribution in [0.3, 0.4) is 0 Å². The van der Waals surface area contributed by atoms with Crippen molar-refractivity contribution in [3.05, 3.63) is 58.1 Å². The van der Waals surface area contributed by atoms with E-state index in [9.17, 15) is 4.79 Å². The van der Waals surface area contributed by atoms with Crippen LogP contribution < -0.4 is 11.1 Å². The van der Waals surface area contributed by atoms with Gasteiger partial charge in [-0.3, -0.25) is 4.79 Å². The van der Waals surface area contributed by atoms with Gasteiger partial charge in [0.2, 0.25) is 0 Å². The van der Waals surface area contributed by atoms with Gasteiger partial charge < -0.3 is 11.1 Å². The maximum Gasteiger partial charge on any atom is 0.256 e. The summed E-state index contributed by atoms with van der Waals surface area (Å²) in [6, 6.07) is 10.9. The van der Waals surface area contributed by atoms with Gasteiger partial charge in [0.25, 0.3) is 5.91 Å². The Hall–Kier alpha value is -2.00. The number of nitrogens with one attached hydrogen (secondary N) is 1. The third-order valence-electron chi connectivity index (χ3n) is 2.92. The summed E-state index contributed by atoms with van der Waals surface area (Å²) in [5, 5.41) is 3.20. The van der Waals surface area contributed by atoms with Crippen LogP contribution in [0.4, 0.5) is 11.4 Å². The summed E-state index contributed by atoms with van der Waals surface area (Å²) in [4.78, 5) is 12.3. The summed E-state index contributed by atoms with van der Waals surface area (Å²) in [5.74, 6) is -0.207. The van der Waals surface area contributed by atoms with Crippen molar-refractivity contribution >= 4 is 28.9 Å². The Morgan fingerprint density at radius 3 is 2.63 bits per heavy atom. The molecule has 19 heavy (non-hydrogen) atoms. The molecule has 4 heteroatoms. The summed E-state index contributed by atoms with van der Waals surface area (Å²) in [5.41, 5.74) is 9.29. The van der Waals surface area contributed by atoms with Gasteiger partial charge in [-0.1, -0.05) is 35.4 Å². The lowest BCUT2D eigenvalue weighted by atomic mass is 10.0. The number of anilines is 2. The van der Waals surface area contributed by atoms with Gasteiger partial charge in [-0.25, -0.2) is 0 Å². The second kappa shape index (κ2) is 5.33. The number of amides is 1. The summed E-state index contributed by atoms with van der Waals surface area (Å²) < 4.78 is 0. The van der Waals surface area contributed by atoms with Crippen molar-refractivity contribution in [3.8, 4) is 0 Å². The van der Waals surface area contributed by atoms with Crippen molar-refractivity contribution < 1.29 is 4.79 Å². The highest BCUT2D eigenvalue weighted by atomic mass is 35.5. The first-order valence-corrected chi connectivity index (χ1v) is 6.29. The van der Waals surface area contributed by atoms with Crippen molar-refractivity contribution in [1.29, 1.82) is 0 Å². The third-order valence-corrected chi connectivity index (χ3v) is 3.24. The predicted molar refractivity (Wildman–Crippen MR) is 79.7 cm³/mol. The molecule has 2 aromatic rings. The number of carbonyl (C=O) groups is 1. The van der Waals surface area contributed by atoms with Crippen LogP contribution in [0.15, 0.2) is 36.4 Å². The Bertz CT molecular complexity index is 618. The fraction of sp³-hybridized carbons (Fsp3) is 0.133. The number of hydrogen-bond acceptors (Lipinski definition) is 2. The SMILES string of the molecule is Cc1ccc(C)c(C(=O)Nc2c(N)cccc2Cl)c1. The summed E-state index contributed by atoms with van der Waals surface area (Å²) in [7, 11) is 0. The topological polar surface area (TPSA) is 55.1 Å². The molecule has 0 saturated heterocycles. The van der Waals surface area contributed by atoms with Gasteiger partial charge in [0, 0.05) is 5.56 Å². The molecule has 0 unspecified atom stereocenters. The van der Waals surface area contributed by atoms with Crippen LogP contribution >= 0.6 is 11.6 Å². The van der Waals surface area contributed by atoms with Crippen LogP contribution in [-0.4, -0.2) is 5.91 Å². The second-order valence-electron chi connectivity index (χ2n) is 4.48. The van der Waals surface area contributed by atoms with E-state index in [2.05, 4.69) is 5.32 Å². The number of carbonyl (C=O) groups excluding carboxylic acids is 1. The molecule has 0 aromatic heterocycles. The van der Waals surface area contributed by atoms with Crippen LogP contribution in [-0.2, 0) is 0 Å². The van der Waals surface area contributed by atoms with Gasteiger partial charge in [-0.15, -0.1) is 0 Å². The zero-order valence-corrected chi connectivity index (χ0v) is 11.6. The van der Waals surface area contributed by atoms with E-state index < -0.39 is 0 Å². The van der Waals surface area contributed by atoms with Gasteiger partial charge in [-0.05, 0) is 37.6 Å². The van der Waals surface area contributed by atoms with E-state index >= 15 is 0 Å². The average Bonchev–Trinajstić information content (AvgIpc) is 2.37. The van der Waals surface area contributed by atoms with Gasteiger partial charge in [0.05, 0.1) is 16.4 Å². The Labute approximate surface area is 117 Å². The lowest BCUT2D eigenvalue weighted by molar-refractivity contribution is 0.102. The number of nitrogens with two attached hydrogens (primary N) is 1. The van der Waals surface area contributed by atoms with Crippen LogP contribution in [0.1, 0.15) is 21.5 Å². The first-order chi connectivity index (χ1) is 8.99. The molecule has 0 radical (unpaired) electrons. The highest BCUT2D eigenvalue weighted by Crippen LogP contribution is 2.28. The van der Waals surface area contributed by atoms with Gasteiger partial charge in [-0.2, -0.15) is 0 Å². The van der Waals surface area contributed by atoms with Crippen molar-refractivity contribution in [1.82, 2.24) is 0 Å². The minimum atomic E-state index is -0.207. The zero-order valence-electron chi connectivity index (χ0n) is 10.8. The molecule has 98 valence electrons. The normalized spacial score (nSPS) is 10.3. The number of aryl methyl sites for hydroxylation is 2. The molecule has 0 saturated carbocycles. The minimum absolute atomic E-state index is 0.207. The number of benzene rings is 2. The molecule has 0 aliphatic rings. The molecule has 0 heterocycles. The summed E-state index contributed by atoms with van der Waals surface area (Å²) >= 11 is 6.04. The highest BCUT2D eigenvalue weighted by Gasteiger charge is 2.13. The molecular formula is C15H15ClN2O. The van der Waals surface area contributed by atoms with Gasteiger partial charge >= 0.3 is 0 Å². The van der Waals surface area contributed by atoms with E-state index in [0.29, 0.717) is 22.0 Å². The van der Waals surface area contributed by atoms with Crippen LogP contribution in [0.5, 0.6) is 0 Å². The quantitative estimate of drug-likeness (QED) is 0.819. The Morgan fingerprint density at radius 1 is 1.21 bits per heavy atom. The van der Waals surface area contributed by atoms with Gasteiger partial charge in [0.1, 0.15) is 0 Å². The van der Waals surface area contributed by atoms with E-state index in [1.165, 1.54) is 0 Å². The molecule has 0 bridgehead atoms. The van der Waals surface area contributed by atoms with E-state index in [1.54, 1.807) is 18.2 Å². The minimum Gasteiger partial charge on any atom is -0.397 e. The van der Waals surface area contributed by atoms with Crippen LogP contribution in [0, 0.1) is 13.8 Å². The van der Waals surface area contributed by atoms with Crippen molar-refractivity contribution in [2.75, 3.05) is 11.1 Å². The maximum absolute atomic E-state index is 12.3. The molecular weight excluding hydrogens is 260 g/mol. The molecule has 0 spiro atoms. The molecule has 0 atom stereocenters. The summed E-state index contributed by atoms with van der Waals surface area (Å²) in [6.07, 6.45) is 0. The second-order valence-corrected chi connectivity index (χ2v) is 4.88. The third kappa shape index (κ3) is 2.88. The first-order valence-electron chi connectivity index (χ1n) is 5.91. The number of nitrogen functional groups attached to an aromatic ring is 1. The van der Waals surface area contributed by atoms with E-state index in [0.717, 1.165) is 11.1 Å². The lowest BCUT2D eigenvalue weighted by Gasteiger charge is -2.11. The number of halogens is 1. The lowest BCUT2D eigenvalue weighted by Crippen LogP contribution is -2.15. The van der Waals surface area contributed by atoms with E-state index in [-0.39, 0.29) is 5.91 Å². The van der Waals surface area contributed by atoms with Crippen LogP contribution in [0.2, 0.25) is 5.02 Å². The molecule has 0 aliphatic heterocycles. The monoisotopic (exact) mass is 274 g/mol. The fourth-order valence-corrected chi connectivity index (χ4v) is 2.06.